The molecule has 0 bridgehead atoms. The van der Waals surface area contributed by atoms with Crippen molar-refractivity contribution in [3.05, 3.63) is 71.3 Å². The van der Waals surface area contributed by atoms with Gasteiger partial charge in [-0.05, 0) is 24.1 Å². The van der Waals surface area contributed by atoms with Crippen LogP contribution in [0.2, 0.25) is 0 Å². The first-order valence-electron chi connectivity index (χ1n) is 8.80. The highest BCUT2D eigenvalue weighted by Gasteiger charge is 2.39. The summed E-state index contributed by atoms with van der Waals surface area (Å²) in [5.41, 5.74) is 1.79. The van der Waals surface area contributed by atoms with Gasteiger partial charge in [-0.3, -0.25) is 19.3 Å². The third kappa shape index (κ3) is 4.41. The number of esters is 1. The molecule has 140 valence electrons. The number of hydrogen-bond acceptors (Lipinski definition) is 5. The fourth-order valence-corrected chi connectivity index (χ4v) is 3.02. The minimum Gasteiger partial charge on any atom is -0.464 e. The molecular weight excluding hydrogens is 346 g/mol. The van der Waals surface area contributed by atoms with Gasteiger partial charge in [0.25, 0.3) is 11.8 Å². The number of benzene rings is 2. The van der Waals surface area contributed by atoms with Crippen LogP contribution >= 0.6 is 0 Å². The summed E-state index contributed by atoms with van der Waals surface area (Å²) in [7, 11) is 0. The van der Waals surface area contributed by atoms with E-state index in [1.165, 1.54) is 11.8 Å². The van der Waals surface area contributed by atoms with E-state index in [0.29, 0.717) is 30.8 Å². The van der Waals surface area contributed by atoms with Gasteiger partial charge in [0.2, 0.25) is 0 Å². The van der Waals surface area contributed by atoms with E-state index in [0.717, 1.165) is 5.56 Å². The maximum Gasteiger partial charge on any atom is 0.302 e. The highest BCUT2D eigenvalue weighted by molar-refractivity contribution is 6.21. The Bertz CT molecular complexity index is 798. The van der Waals surface area contributed by atoms with Crippen molar-refractivity contribution in [1.29, 1.82) is 0 Å². The molecule has 0 N–H and O–H groups in total. The van der Waals surface area contributed by atoms with Crippen LogP contribution in [0.3, 0.4) is 0 Å². The molecule has 0 radical (unpaired) electrons. The molecule has 2 aromatic carbocycles. The Hall–Kier alpha value is -2.99. The van der Waals surface area contributed by atoms with E-state index in [2.05, 4.69) is 0 Å². The zero-order valence-electron chi connectivity index (χ0n) is 15.1. The van der Waals surface area contributed by atoms with E-state index in [1.807, 2.05) is 30.3 Å². The van der Waals surface area contributed by atoms with Gasteiger partial charge in [-0.1, -0.05) is 42.5 Å². The van der Waals surface area contributed by atoms with Crippen LogP contribution in [-0.4, -0.2) is 41.9 Å². The van der Waals surface area contributed by atoms with Gasteiger partial charge in [0.15, 0.2) is 0 Å². The molecule has 6 heteroatoms. The van der Waals surface area contributed by atoms with Crippen molar-refractivity contribution in [1.82, 2.24) is 4.90 Å². The number of imide groups is 1. The normalized spacial score (nSPS) is 14.2. The smallest absolute Gasteiger partial charge is 0.302 e. The number of carbonyl (C=O) groups excluding carboxylic acids is 3. The average molecular weight is 367 g/mol. The van der Waals surface area contributed by atoms with Crippen LogP contribution in [0, 0.1) is 0 Å². The maximum atomic E-state index is 12.7. The number of hydrogen-bond donors (Lipinski definition) is 0. The van der Waals surface area contributed by atoms with Crippen molar-refractivity contribution in [3.63, 3.8) is 0 Å². The fraction of sp³-hybridized carbons (Fsp3) is 0.286. The Kier molecular flexibility index (Phi) is 5.98. The predicted octanol–water partition coefficient (Wildman–Crippen LogP) is 2.82. The first-order chi connectivity index (χ1) is 13.1. The summed E-state index contributed by atoms with van der Waals surface area (Å²) in [6.45, 7) is 2.01. The predicted molar refractivity (Wildman–Crippen MR) is 98.1 cm³/mol. The molecule has 0 fully saturated rings. The third-order valence-corrected chi connectivity index (χ3v) is 4.38. The van der Waals surface area contributed by atoms with E-state index in [1.54, 1.807) is 24.3 Å². The SMILES string of the molecule is CC(=O)OCC(CCOCc1ccccc1)N1C(=O)c2ccccc2C1=O. The minimum atomic E-state index is -0.572. The van der Waals surface area contributed by atoms with Gasteiger partial charge in [-0.2, -0.15) is 0 Å². The Morgan fingerprint density at radius 3 is 2.15 bits per heavy atom. The van der Waals surface area contributed by atoms with Crippen LogP contribution in [-0.2, 0) is 20.9 Å². The van der Waals surface area contributed by atoms with Crippen LogP contribution in [0.25, 0.3) is 0 Å². The largest absolute Gasteiger partial charge is 0.464 e. The number of amides is 2. The highest BCUT2D eigenvalue weighted by atomic mass is 16.5. The zero-order chi connectivity index (χ0) is 19.2. The summed E-state index contributed by atoms with van der Waals surface area (Å²) >= 11 is 0. The van der Waals surface area contributed by atoms with E-state index >= 15 is 0 Å². The van der Waals surface area contributed by atoms with E-state index in [4.69, 9.17) is 9.47 Å². The first-order valence-corrected chi connectivity index (χ1v) is 8.80. The van der Waals surface area contributed by atoms with E-state index < -0.39 is 12.0 Å². The molecule has 0 aromatic heterocycles. The molecule has 1 aliphatic rings. The molecule has 0 saturated carbocycles. The van der Waals surface area contributed by atoms with Gasteiger partial charge in [-0.25, -0.2) is 0 Å². The molecule has 0 saturated heterocycles. The summed E-state index contributed by atoms with van der Waals surface area (Å²) in [5, 5.41) is 0. The number of carbonyl (C=O) groups is 3. The van der Waals surface area contributed by atoms with Crippen molar-refractivity contribution < 1.29 is 23.9 Å². The van der Waals surface area contributed by atoms with Gasteiger partial charge in [0, 0.05) is 13.5 Å². The number of rotatable bonds is 8. The summed E-state index contributed by atoms with van der Waals surface area (Å²) in [6, 6.07) is 15.8. The van der Waals surface area contributed by atoms with Crippen LogP contribution in [0.1, 0.15) is 39.6 Å². The molecule has 1 unspecified atom stereocenters. The lowest BCUT2D eigenvalue weighted by Gasteiger charge is -2.25. The van der Waals surface area contributed by atoms with Gasteiger partial charge < -0.3 is 9.47 Å². The van der Waals surface area contributed by atoms with Gasteiger partial charge in [-0.15, -0.1) is 0 Å². The topological polar surface area (TPSA) is 72.9 Å². The molecular formula is C21H21NO5. The Morgan fingerprint density at radius 1 is 0.963 bits per heavy atom. The van der Waals surface area contributed by atoms with E-state index in [-0.39, 0.29) is 18.4 Å². The van der Waals surface area contributed by atoms with Gasteiger partial charge in [0.1, 0.15) is 6.61 Å². The van der Waals surface area contributed by atoms with Crippen molar-refractivity contribution in [2.75, 3.05) is 13.2 Å². The first kappa shape index (κ1) is 18.8. The molecule has 1 heterocycles. The quantitative estimate of drug-likeness (QED) is 0.408. The standard InChI is InChI=1S/C21H21NO5/c1-15(23)27-14-17(11-12-26-13-16-7-3-2-4-8-16)22-20(24)18-9-5-6-10-19(18)21(22)25/h2-10,17H,11-14H2,1H3. The second kappa shape index (κ2) is 8.60. The van der Waals surface area contributed by atoms with Gasteiger partial charge >= 0.3 is 5.97 Å². The van der Waals surface area contributed by atoms with Gasteiger partial charge in [0.05, 0.1) is 23.8 Å². The second-order valence-electron chi connectivity index (χ2n) is 6.31. The van der Waals surface area contributed by atoms with Crippen molar-refractivity contribution >= 4 is 17.8 Å². The molecule has 2 amide bonds. The summed E-state index contributed by atoms with van der Waals surface area (Å²) in [5.74, 6) is -1.19. The second-order valence-corrected chi connectivity index (χ2v) is 6.31. The number of fused-ring (bicyclic) bond motifs is 1. The fourth-order valence-electron chi connectivity index (χ4n) is 3.02. The highest BCUT2D eigenvalue weighted by Crippen LogP contribution is 2.25. The molecule has 0 spiro atoms. The molecule has 2 aromatic rings. The summed E-state index contributed by atoms with van der Waals surface area (Å²) in [6.07, 6.45) is 0.381. The Balaban J connectivity index is 1.65. The Morgan fingerprint density at radius 2 is 1.56 bits per heavy atom. The summed E-state index contributed by atoms with van der Waals surface area (Å²) < 4.78 is 10.8. The van der Waals surface area contributed by atoms with Crippen LogP contribution < -0.4 is 0 Å². The van der Waals surface area contributed by atoms with Crippen molar-refractivity contribution in [2.45, 2.75) is 26.0 Å². The molecule has 1 aliphatic heterocycles. The lowest BCUT2D eigenvalue weighted by molar-refractivity contribution is -0.142. The monoisotopic (exact) mass is 367 g/mol. The zero-order valence-corrected chi connectivity index (χ0v) is 15.1. The molecule has 6 nitrogen and oxygen atoms in total. The number of ether oxygens (including phenoxy) is 2. The van der Waals surface area contributed by atoms with Crippen LogP contribution in [0.15, 0.2) is 54.6 Å². The van der Waals surface area contributed by atoms with Crippen molar-refractivity contribution in [3.8, 4) is 0 Å². The van der Waals surface area contributed by atoms with E-state index in [9.17, 15) is 14.4 Å². The average Bonchev–Trinajstić information content (AvgIpc) is 2.93. The van der Waals surface area contributed by atoms with Crippen LogP contribution in [0.4, 0.5) is 0 Å². The Labute approximate surface area is 157 Å². The molecule has 0 aliphatic carbocycles. The third-order valence-electron chi connectivity index (χ3n) is 4.38. The molecule has 27 heavy (non-hydrogen) atoms. The number of nitrogens with zero attached hydrogens (tertiary/aromatic N) is 1. The van der Waals surface area contributed by atoms with Crippen LogP contribution in [0.5, 0.6) is 0 Å². The lowest BCUT2D eigenvalue weighted by Crippen LogP contribution is -2.43. The molecule has 1 atom stereocenters. The minimum absolute atomic E-state index is 0.0461. The lowest BCUT2D eigenvalue weighted by atomic mass is 10.1. The summed E-state index contributed by atoms with van der Waals surface area (Å²) in [4.78, 5) is 37.7. The molecule has 3 rings (SSSR count). The maximum absolute atomic E-state index is 12.7. The van der Waals surface area contributed by atoms with Crippen molar-refractivity contribution in [2.24, 2.45) is 0 Å².